The largest absolute Gasteiger partial charge is 0.465 e. The van der Waals surface area contributed by atoms with Gasteiger partial charge in [0.2, 0.25) is 0 Å². The van der Waals surface area contributed by atoms with Crippen molar-refractivity contribution >= 4 is 23.6 Å². The van der Waals surface area contributed by atoms with Crippen molar-refractivity contribution in [1.29, 1.82) is 0 Å². The lowest BCUT2D eigenvalue weighted by molar-refractivity contribution is -0.107. The maximum atomic E-state index is 12.0. The van der Waals surface area contributed by atoms with Crippen LogP contribution in [0.1, 0.15) is 44.9 Å². The van der Waals surface area contributed by atoms with Crippen LogP contribution in [0.3, 0.4) is 0 Å². The van der Waals surface area contributed by atoms with Gasteiger partial charge >= 0.3 is 5.97 Å². The first kappa shape index (κ1) is 16.2. The van der Waals surface area contributed by atoms with E-state index in [2.05, 4.69) is 5.32 Å². The van der Waals surface area contributed by atoms with Crippen LogP contribution < -0.4 is 5.32 Å². The van der Waals surface area contributed by atoms with E-state index >= 15 is 0 Å². The highest BCUT2D eigenvalue weighted by Gasteiger charge is 2.23. The minimum absolute atomic E-state index is 0.277. The molecule has 5 heteroatoms. The molecule has 1 aliphatic heterocycles. The molecule has 0 bridgehead atoms. The summed E-state index contributed by atoms with van der Waals surface area (Å²) in [6, 6.07) is 0. The van der Waals surface area contributed by atoms with E-state index in [-0.39, 0.29) is 5.97 Å². The molecule has 0 atom stereocenters. The molecule has 2 heterocycles. The van der Waals surface area contributed by atoms with Crippen molar-refractivity contribution in [2.24, 2.45) is 5.92 Å². The number of thiophene rings is 1. The number of esters is 1. The zero-order valence-electron chi connectivity index (χ0n) is 12.7. The Balaban J connectivity index is 2.21. The second-order valence-corrected chi connectivity index (χ2v) is 6.73. The third-order valence-corrected chi connectivity index (χ3v) is 5.50. The molecular weight excluding hydrogens is 286 g/mol. The van der Waals surface area contributed by atoms with E-state index in [0.29, 0.717) is 24.3 Å². The van der Waals surface area contributed by atoms with Crippen LogP contribution in [-0.4, -0.2) is 32.5 Å². The van der Waals surface area contributed by atoms with Gasteiger partial charge in [-0.05, 0) is 57.2 Å². The number of rotatable bonds is 6. The molecule has 1 fully saturated rings. The van der Waals surface area contributed by atoms with E-state index in [4.69, 9.17) is 4.74 Å². The normalized spacial score (nSPS) is 15.9. The van der Waals surface area contributed by atoms with Crippen molar-refractivity contribution in [2.75, 3.05) is 20.2 Å². The number of carbonyl (C=O) groups excluding carboxylic acids is 2. The fourth-order valence-corrected chi connectivity index (χ4v) is 4.33. The summed E-state index contributed by atoms with van der Waals surface area (Å²) in [7, 11) is 1.41. The number of ether oxygens (including phenoxy) is 1. The van der Waals surface area contributed by atoms with Gasteiger partial charge in [0.1, 0.15) is 6.29 Å². The van der Waals surface area contributed by atoms with Gasteiger partial charge < -0.3 is 14.8 Å². The van der Waals surface area contributed by atoms with Crippen molar-refractivity contribution < 1.29 is 14.3 Å². The minimum Gasteiger partial charge on any atom is -0.465 e. The standard InChI is InChI=1S/C16H23NO3S/c1-11-14(10-12-5-7-17-8-6-12)21-13(4-3-9-18)15(11)16(19)20-2/h9,12,17H,3-8,10H2,1-2H3. The summed E-state index contributed by atoms with van der Waals surface area (Å²) in [5, 5.41) is 3.38. The molecule has 4 nitrogen and oxygen atoms in total. The maximum absolute atomic E-state index is 12.0. The summed E-state index contributed by atoms with van der Waals surface area (Å²) >= 11 is 1.68. The summed E-state index contributed by atoms with van der Waals surface area (Å²) in [6.07, 6.45) is 5.40. The first-order chi connectivity index (χ1) is 10.2. The van der Waals surface area contributed by atoms with Crippen LogP contribution in [0.2, 0.25) is 0 Å². The zero-order valence-corrected chi connectivity index (χ0v) is 13.6. The van der Waals surface area contributed by atoms with Gasteiger partial charge in [-0.2, -0.15) is 0 Å². The van der Waals surface area contributed by atoms with Crippen molar-refractivity contribution in [2.45, 2.75) is 39.0 Å². The van der Waals surface area contributed by atoms with Crippen molar-refractivity contribution in [3.05, 3.63) is 20.9 Å². The molecule has 1 aliphatic rings. The molecule has 0 aromatic carbocycles. The third-order valence-electron chi connectivity index (χ3n) is 4.13. The lowest BCUT2D eigenvalue weighted by Crippen LogP contribution is -2.28. The molecule has 1 aromatic heterocycles. The van der Waals surface area contributed by atoms with Crippen LogP contribution in [-0.2, 0) is 22.4 Å². The van der Waals surface area contributed by atoms with Crippen LogP contribution in [0.5, 0.6) is 0 Å². The third kappa shape index (κ3) is 3.92. The van der Waals surface area contributed by atoms with E-state index in [1.807, 2.05) is 6.92 Å². The van der Waals surface area contributed by atoms with E-state index < -0.39 is 0 Å². The van der Waals surface area contributed by atoms with Crippen molar-refractivity contribution in [3.8, 4) is 0 Å². The Bertz CT molecular complexity index is 504. The Kier molecular flexibility index (Phi) is 5.94. The van der Waals surface area contributed by atoms with Crippen molar-refractivity contribution in [3.63, 3.8) is 0 Å². The summed E-state index contributed by atoms with van der Waals surface area (Å²) in [6.45, 7) is 4.16. The fourth-order valence-electron chi connectivity index (χ4n) is 2.90. The minimum atomic E-state index is -0.277. The van der Waals surface area contributed by atoms with E-state index in [0.717, 1.165) is 36.2 Å². The van der Waals surface area contributed by atoms with Crippen molar-refractivity contribution in [1.82, 2.24) is 5.32 Å². The van der Waals surface area contributed by atoms with Gasteiger partial charge in [-0.25, -0.2) is 4.79 Å². The average molecular weight is 309 g/mol. The zero-order chi connectivity index (χ0) is 15.2. The molecule has 0 radical (unpaired) electrons. The molecule has 116 valence electrons. The molecule has 1 aromatic rings. The molecule has 1 N–H and O–H groups in total. The van der Waals surface area contributed by atoms with E-state index in [9.17, 15) is 9.59 Å². The van der Waals surface area contributed by atoms with Gasteiger partial charge in [0, 0.05) is 16.2 Å². The second kappa shape index (κ2) is 7.71. The molecule has 0 spiro atoms. The SMILES string of the molecule is COC(=O)c1c(CCC=O)sc(CC2CCNCC2)c1C. The van der Waals surface area contributed by atoms with Gasteiger partial charge in [0.25, 0.3) is 0 Å². The number of hydrogen-bond acceptors (Lipinski definition) is 5. The second-order valence-electron chi connectivity index (χ2n) is 5.54. The van der Waals surface area contributed by atoms with Crippen LogP contribution in [0.25, 0.3) is 0 Å². The Hall–Kier alpha value is -1.20. The molecule has 2 rings (SSSR count). The molecule has 1 saturated heterocycles. The van der Waals surface area contributed by atoms with Gasteiger partial charge in [-0.3, -0.25) is 0 Å². The molecule has 21 heavy (non-hydrogen) atoms. The first-order valence-electron chi connectivity index (χ1n) is 7.51. The highest BCUT2D eigenvalue weighted by atomic mass is 32.1. The number of methoxy groups -OCH3 is 1. The van der Waals surface area contributed by atoms with Gasteiger partial charge in [-0.15, -0.1) is 11.3 Å². The molecule has 0 saturated carbocycles. The number of carbonyl (C=O) groups is 2. The highest BCUT2D eigenvalue weighted by molar-refractivity contribution is 7.12. The highest BCUT2D eigenvalue weighted by Crippen LogP contribution is 2.33. The fraction of sp³-hybridized carbons (Fsp3) is 0.625. The predicted molar refractivity (Wildman–Crippen MR) is 84.1 cm³/mol. The van der Waals surface area contributed by atoms with Gasteiger partial charge in [-0.1, -0.05) is 0 Å². The first-order valence-corrected chi connectivity index (χ1v) is 8.32. The van der Waals surface area contributed by atoms with Gasteiger partial charge in [0.05, 0.1) is 12.7 Å². The Morgan fingerprint density at radius 2 is 2.10 bits per heavy atom. The molecular formula is C16H23NO3S. The smallest absolute Gasteiger partial charge is 0.339 e. The summed E-state index contributed by atoms with van der Waals surface area (Å²) in [4.78, 5) is 24.9. The number of hydrogen-bond donors (Lipinski definition) is 1. The van der Waals surface area contributed by atoms with Crippen LogP contribution >= 0.6 is 11.3 Å². The summed E-state index contributed by atoms with van der Waals surface area (Å²) in [5.41, 5.74) is 1.74. The molecule has 0 aliphatic carbocycles. The van der Waals surface area contributed by atoms with E-state index in [1.54, 1.807) is 11.3 Å². The summed E-state index contributed by atoms with van der Waals surface area (Å²) < 4.78 is 4.91. The number of aldehydes is 1. The maximum Gasteiger partial charge on any atom is 0.339 e. The number of aryl methyl sites for hydroxylation is 1. The van der Waals surface area contributed by atoms with E-state index in [1.165, 1.54) is 24.8 Å². The number of piperidine rings is 1. The average Bonchev–Trinajstić information content (AvgIpc) is 2.81. The van der Waals surface area contributed by atoms with Crippen LogP contribution in [0.15, 0.2) is 0 Å². The van der Waals surface area contributed by atoms with Crippen LogP contribution in [0.4, 0.5) is 0 Å². The number of nitrogens with one attached hydrogen (secondary N) is 1. The molecule has 0 unspecified atom stereocenters. The Morgan fingerprint density at radius 3 is 2.71 bits per heavy atom. The molecule has 0 amide bonds. The van der Waals surface area contributed by atoms with Crippen LogP contribution in [0, 0.1) is 12.8 Å². The summed E-state index contributed by atoms with van der Waals surface area (Å²) in [5.74, 6) is 0.411. The Labute approximate surface area is 129 Å². The predicted octanol–water partition coefficient (Wildman–Crippen LogP) is 2.52. The topological polar surface area (TPSA) is 55.4 Å². The van der Waals surface area contributed by atoms with Gasteiger partial charge in [0.15, 0.2) is 0 Å². The lowest BCUT2D eigenvalue weighted by Gasteiger charge is -2.22. The quantitative estimate of drug-likeness (QED) is 0.648. The monoisotopic (exact) mass is 309 g/mol. The lowest BCUT2D eigenvalue weighted by atomic mass is 9.92. The Morgan fingerprint density at radius 1 is 1.38 bits per heavy atom.